The van der Waals surface area contributed by atoms with Crippen molar-refractivity contribution < 1.29 is 4.42 Å². The van der Waals surface area contributed by atoms with Gasteiger partial charge in [0.2, 0.25) is 0 Å². The van der Waals surface area contributed by atoms with Gasteiger partial charge in [-0.15, -0.1) is 0 Å². The Balaban J connectivity index is 1.78. The summed E-state index contributed by atoms with van der Waals surface area (Å²) >= 11 is 6.30. The van der Waals surface area contributed by atoms with Gasteiger partial charge in [0, 0.05) is 32.1 Å². The molecule has 0 fully saturated rings. The van der Waals surface area contributed by atoms with Gasteiger partial charge in [-0.05, 0) is 52.6 Å². The topological polar surface area (TPSA) is 28.9 Å². The summed E-state index contributed by atoms with van der Waals surface area (Å²) in [6.07, 6.45) is 0. The van der Waals surface area contributed by atoms with Crippen LogP contribution in [0, 0.1) is 0 Å². The van der Waals surface area contributed by atoms with Crippen molar-refractivity contribution in [1.29, 1.82) is 0 Å². The molecule has 2 heterocycles. The summed E-state index contributed by atoms with van der Waals surface area (Å²) in [6, 6.07) is 27.4. The first-order valence-electron chi connectivity index (χ1n) is 9.64. The first kappa shape index (κ1) is 15.4. The Labute approximate surface area is 170 Å². The van der Waals surface area contributed by atoms with Crippen LogP contribution >= 0.6 is 11.6 Å². The van der Waals surface area contributed by atoms with Crippen LogP contribution in [0.3, 0.4) is 0 Å². The second kappa shape index (κ2) is 5.31. The number of hydrogen-bond donors (Lipinski definition) is 1. The summed E-state index contributed by atoms with van der Waals surface area (Å²) in [7, 11) is 0. The van der Waals surface area contributed by atoms with Gasteiger partial charge in [-0.2, -0.15) is 0 Å². The normalized spacial score (nSPS) is 12.3. The highest BCUT2D eigenvalue weighted by atomic mass is 35.5. The molecule has 7 rings (SSSR count). The quantitative estimate of drug-likeness (QED) is 0.259. The summed E-state index contributed by atoms with van der Waals surface area (Å²) in [6.45, 7) is 0. The lowest BCUT2D eigenvalue weighted by Crippen LogP contribution is -1.79. The molecule has 0 radical (unpaired) electrons. The van der Waals surface area contributed by atoms with Crippen LogP contribution in [0.2, 0.25) is 5.02 Å². The maximum absolute atomic E-state index is 6.47. The molecule has 0 spiro atoms. The van der Waals surface area contributed by atoms with Gasteiger partial charge < -0.3 is 9.40 Å². The van der Waals surface area contributed by atoms with Crippen LogP contribution in [-0.4, -0.2) is 4.98 Å². The van der Waals surface area contributed by atoms with Crippen molar-refractivity contribution in [3.8, 4) is 0 Å². The van der Waals surface area contributed by atoms with Gasteiger partial charge in [0.1, 0.15) is 11.2 Å². The first-order valence-corrected chi connectivity index (χ1v) is 10.0. The van der Waals surface area contributed by atoms with Crippen molar-refractivity contribution in [2.75, 3.05) is 0 Å². The number of nitrogens with one attached hydrogen (secondary N) is 1. The predicted octanol–water partition coefficient (Wildman–Crippen LogP) is 8.18. The van der Waals surface area contributed by atoms with Crippen molar-refractivity contribution in [2.24, 2.45) is 0 Å². The Morgan fingerprint density at radius 2 is 1.45 bits per heavy atom. The van der Waals surface area contributed by atoms with Gasteiger partial charge in [-0.3, -0.25) is 0 Å². The van der Waals surface area contributed by atoms with E-state index < -0.39 is 0 Å². The molecule has 0 bridgehead atoms. The minimum absolute atomic E-state index is 0.725. The van der Waals surface area contributed by atoms with Crippen LogP contribution in [0.5, 0.6) is 0 Å². The first-order chi connectivity index (χ1) is 14.3. The lowest BCUT2D eigenvalue weighted by atomic mass is 9.97. The predicted molar refractivity (Wildman–Crippen MR) is 123 cm³/mol. The molecule has 2 aromatic heterocycles. The third kappa shape index (κ3) is 1.96. The lowest BCUT2D eigenvalue weighted by Gasteiger charge is -2.05. The minimum Gasteiger partial charge on any atom is -0.455 e. The molecule has 7 aromatic rings. The average molecular weight is 392 g/mol. The molecule has 0 saturated carbocycles. The maximum Gasteiger partial charge on any atom is 0.145 e. The van der Waals surface area contributed by atoms with E-state index in [-0.39, 0.29) is 0 Å². The molecule has 3 heteroatoms. The number of aromatic nitrogens is 1. The standard InChI is InChI=1S/C26H14ClNO/c27-16-8-10-20-19(13-16)24-21(28-20)11-9-18-25-22(29-26(18)24)12-7-15-6-5-14-3-1-2-4-17(14)23(15)25/h1-13,28H. The summed E-state index contributed by atoms with van der Waals surface area (Å²) in [4.78, 5) is 3.49. The van der Waals surface area contributed by atoms with Gasteiger partial charge in [-0.25, -0.2) is 0 Å². The number of halogens is 1. The Bertz CT molecular complexity index is 1770. The fourth-order valence-corrected chi connectivity index (χ4v) is 4.95. The Hall–Kier alpha value is -3.49. The van der Waals surface area contributed by atoms with E-state index >= 15 is 0 Å². The fourth-order valence-electron chi connectivity index (χ4n) is 4.78. The summed E-state index contributed by atoms with van der Waals surface area (Å²) in [5, 5.41) is 10.2. The molecule has 0 unspecified atom stereocenters. The number of furan rings is 1. The second-order valence-corrected chi connectivity index (χ2v) is 8.04. The van der Waals surface area contributed by atoms with E-state index in [0.717, 1.165) is 43.4 Å². The van der Waals surface area contributed by atoms with Crippen LogP contribution in [0.25, 0.3) is 65.3 Å². The number of hydrogen-bond acceptors (Lipinski definition) is 1. The van der Waals surface area contributed by atoms with E-state index in [4.69, 9.17) is 16.0 Å². The van der Waals surface area contributed by atoms with Gasteiger partial charge in [0.25, 0.3) is 0 Å². The summed E-state index contributed by atoms with van der Waals surface area (Å²) in [5.41, 5.74) is 3.94. The van der Waals surface area contributed by atoms with Crippen molar-refractivity contribution in [3.63, 3.8) is 0 Å². The van der Waals surface area contributed by atoms with Crippen LogP contribution in [-0.2, 0) is 0 Å². The monoisotopic (exact) mass is 391 g/mol. The molecule has 0 aliphatic rings. The molecular formula is C26H14ClNO. The number of benzene rings is 5. The Kier molecular flexibility index (Phi) is 2.83. The molecule has 2 nitrogen and oxygen atoms in total. The lowest BCUT2D eigenvalue weighted by molar-refractivity contribution is 0.673. The van der Waals surface area contributed by atoms with Gasteiger partial charge in [0.15, 0.2) is 0 Å². The molecule has 29 heavy (non-hydrogen) atoms. The zero-order chi connectivity index (χ0) is 19.1. The van der Waals surface area contributed by atoms with Crippen LogP contribution in [0.15, 0.2) is 83.3 Å². The van der Waals surface area contributed by atoms with Gasteiger partial charge in [-0.1, -0.05) is 54.1 Å². The number of rotatable bonds is 0. The fraction of sp³-hybridized carbons (Fsp3) is 0. The van der Waals surface area contributed by atoms with Crippen LogP contribution in [0.1, 0.15) is 0 Å². The highest BCUT2D eigenvalue weighted by Gasteiger charge is 2.17. The van der Waals surface area contributed by atoms with Crippen LogP contribution < -0.4 is 0 Å². The number of aromatic amines is 1. The molecule has 0 atom stereocenters. The van der Waals surface area contributed by atoms with Gasteiger partial charge in [0.05, 0.1) is 10.9 Å². The molecule has 0 aliphatic carbocycles. The summed E-state index contributed by atoms with van der Waals surface area (Å²) < 4.78 is 6.47. The SMILES string of the molecule is Clc1ccc2[nH]c3ccc4c(oc5ccc6ccc7ccccc7c6c54)c3c2c1. The summed E-state index contributed by atoms with van der Waals surface area (Å²) in [5.74, 6) is 0. The molecular weight excluding hydrogens is 378 g/mol. The zero-order valence-corrected chi connectivity index (χ0v) is 16.0. The smallest absolute Gasteiger partial charge is 0.145 e. The molecule has 0 aliphatic heterocycles. The Morgan fingerprint density at radius 1 is 0.621 bits per heavy atom. The van der Waals surface area contributed by atoms with Crippen molar-refractivity contribution in [3.05, 3.63) is 83.9 Å². The van der Waals surface area contributed by atoms with E-state index in [1.165, 1.54) is 26.9 Å². The highest BCUT2D eigenvalue weighted by molar-refractivity contribution is 6.33. The van der Waals surface area contributed by atoms with Crippen molar-refractivity contribution in [2.45, 2.75) is 0 Å². The highest BCUT2D eigenvalue weighted by Crippen LogP contribution is 2.42. The van der Waals surface area contributed by atoms with E-state index in [1.807, 2.05) is 18.2 Å². The average Bonchev–Trinajstić information content (AvgIpc) is 3.30. The Morgan fingerprint density at radius 3 is 2.41 bits per heavy atom. The minimum atomic E-state index is 0.725. The zero-order valence-electron chi connectivity index (χ0n) is 15.3. The maximum atomic E-state index is 6.47. The second-order valence-electron chi connectivity index (χ2n) is 7.61. The largest absolute Gasteiger partial charge is 0.455 e. The van der Waals surface area contributed by atoms with E-state index in [0.29, 0.717) is 0 Å². The molecule has 136 valence electrons. The molecule has 1 N–H and O–H groups in total. The third-order valence-electron chi connectivity index (χ3n) is 6.03. The van der Waals surface area contributed by atoms with Crippen LogP contribution in [0.4, 0.5) is 0 Å². The van der Waals surface area contributed by atoms with Crippen molar-refractivity contribution >= 4 is 76.9 Å². The van der Waals surface area contributed by atoms with Gasteiger partial charge >= 0.3 is 0 Å². The molecule has 0 amide bonds. The van der Waals surface area contributed by atoms with Crippen molar-refractivity contribution in [1.82, 2.24) is 4.98 Å². The number of fused-ring (bicyclic) bond motifs is 11. The van der Waals surface area contributed by atoms with E-state index in [2.05, 4.69) is 65.6 Å². The number of H-pyrrole nitrogens is 1. The molecule has 5 aromatic carbocycles. The third-order valence-corrected chi connectivity index (χ3v) is 6.27. The van der Waals surface area contributed by atoms with E-state index in [9.17, 15) is 0 Å². The molecule has 0 saturated heterocycles. The van der Waals surface area contributed by atoms with E-state index in [1.54, 1.807) is 0 Å².